The van der Waals surface area contributed by atoms with Crippen LogP contribution in [0.25, 0.3) is 112 Å². The van der Waals surface area contributed by atoms with E-state index in [1.54, 1.807) is 71.2 Å². The predicted molar refractivity (Wildman–Crippen MR) is 493 cm³/mol. The number of carbonyl (C=O) groups excluding carboxylic acids is 4. The van der Waals surface area contributed by atoms with Crippen LogP contribution in [0, 0.1) is 0 Å². The van der Waals surface area contributed by atoms with E-state index in [9.17, 15) is 69.6 Å². The van der Waals surface area contributed by atoms with Gasteiger partial charge in [-0.1, -0.05) is 0 Å². The number of nitrogens with one attached hydrogen (secondary N) is 8. The summed E-state index contributed by atoms with van der Waals surface area (Å²) in [7, 11) is 6.89. The number of alkyl halides is 8. The van der Waals surface area contributed by atoms with Crippen molar-refractivity contribution in [3.63, 3.8) is 0 Å². The van der Waals surface area contributed by atoms with Crippen LogP contribution in [0.1, 0.15) is 130 Å². The van der Waals surface area contributed by atoms with Gasteiger partial charge in [0.05, 0.1) is 129 Å². The maximum Gasteiger partial charge on any atom is 0.267 e. The van der Waals surface area contributed by atoms with Crippen molar-refractivity contribution in [3.05, 3.63) is 169 Å². The monoisotopic (exact) mass is 1930 g/mol. The van der Waals surface area contributed by atoms with Gasteiger partial charge in [0.25, 0.3) is 47.3 Å². The van der Waals surface area contributed by atoms with Gasteiger partial charge in [-0.05, 0) is 87.1 Å². The Morgan fingerprint density at radius 1 is 0.343 bits per heavy atom. The van der Waals surface area contributed by atoms with E-state index >= 15 is 0 Å². The van der Waals surface area contributed by atoms with Crippen molar-refractivity contribution < 1.29 is 88.6 Å². The summed E-state index contributed by atoms with van der Waals surface area (Å²) in [6, 6.07) is 16.9. The number of rotatable bonds is 20. The summed E-state index contributed by atoms with van der Waals surface area (Å²) in [6.45, 7) is 3.21. The van der Waals surface area contributed by atoms with Crippen LogP contribution >= 0.6 is 0 Å². The number of ether oxygens (including phenoxy) is 4. The van der Waals surface area contributed by atoms with Gasteiger partial charge in [0.15, 0.2) is 22.6 Å². The van der Waals surface area contributed by atoms with E-state index in [2.05, 4.69) is 93.6 Å². The molecule has 20 heterocycles. The first-order valence-electron chi connectivity index (χ1n) is 45.8. The highest BCUT2D eigenvalue weighted by Gasteiger charge is 2.53. The molecule has 10 atom stereocenters. The van der Waals surface area contributed by atoms with Crippen LogP contribution in [0.15, 0.2) is 147 Å². The lowest BCUT2D eigenvalue weighted by Crippen LogP contribution is -2.55. The summed E-state index contributed by atoms with van der Waals surface area (Å²) in [6.07, 6.45) is 19.6. The average Bonchev–Trinajstić information content (AvgIpc) is 1.60. The van der Waals surface area contributed by atoms with E-state index in [-0.39, 0.29) is 135 Å². The number of pyridine rings is 4. The lowest BCUT2D eigenvalue weighted by atomic mass is 9.88. The Morgan fingerprint density at radius 2 is 0.593 bits per heavy atom. The lowest BCUT2D eigenvalue weighted by Gasteiger charge is -2.36. The molecule has 0 aromatic carbocycles. The maximum atomic E-state index is 13.7. The Kier molecular flexibility index (Phi) is 23.9. The third-order valence-electron chi connectivity index (χ3n) is 27.4. The SMILES string of the molecule is CNc1cc(-c2cn(C3CCOCC3)c3ncccc23)nc2c(C(=O)NC3CCC3(F)F)cnn12.CNc1cc(-c2cn([C@H]3COC[C@@H]3O)c3ncccc23)nc2c(C(=O)NC3CCC3(F)F)cnn12.CNc1cc(-c2cn([C@H]3COC[C@@H]3O)c3ncccc23)nc2c(C(=O)N[C@@H]3CCC3(F)F)cnn12.CNc1cc(-c2cn([C@H]3COC[C@@H]3O)c3ncccc23)nc2c(C(=O)N[C@H]3CCC3(F)F)cnn12. The van der Waals surface area contributed by atoms with Crippen LogP contribution in [0.3, 0.4) is 0 Å². The first-order valence-corrected chi connectivity index (χ1v) is 45.8. The molecule has 2 unspecified atom stereocenters. The van der Waals surface area contributed by atoms with Gasteiger partial charge in [-0.2, -0.15) is 38.5 Å². The van der Waals surface area contributed by atoms with Crippen molar-refractivity contribution >= 4 is 114 Å². The fourth-order valence-electron chi connectivity index (χ4n) is 19.0. The molecule has 47 heteroatoms. The molecule has 8 fully saturated rings. The van der Waals surface area contributed by atoms with E-state index in [1.807, 2.05) is 86.9 Å². The number of nitrogens with zero attached hydrogens (tertiary/aromatic N) is 20. The summed E-state index contributed by atoms with van der Waals surface area (Å²) in [5, 5.41) is 73.6. The van der Waals surface area contributed by atoms with Gasteiger partial charge < -0.3 is 95.1 Å². The van der Waals surface area contributed by atoms with Crippen LogP contribution in [0.5, 0.6) is 0 Å². The molecule has 39 nitrogen and oxygen atoms in total. The second-order valence-corrected chi connectivity index (χ2v) is 35.7. The first kappa shape index (κ1) is 91.9. The van der Waals surface area contributed by atoms with E-state index in [4.69, 9.17) is 38.9 Å². The van der Waals surface area contributed by atoms with Crippen molar-refractivity contribution in [3.8, 4) is 45.0 Å². The highest BCUT2D eigenvalue weighted by atomic mass is 19.3. The molecule has 11 N–H and O–H groups in total. The Labute approximate surface area is 787 Å². The quantitative estimate of drug-likeness (QED) is 0.0316. The number of anilines is 4. The molecule has 16 aromatic heterocycles. The molecular formula is C93H94F8N28O11. The number of amides is 4. The van der Waals surface area contributed by atoms with Crippen molar-refractivity contribution in [2.75, 3.05) is 102 Å². The number of aliphatic hydroxyl groups excluding tert-OH is 3. The molecule has 4 aliphatic carbocycles. The fraction of sp³-hybridized carbons (Fsp3) is 0.398. The highest BCUT2D eigenvalue weighted by Crippen LogP contribution is 2.45. The molecule has 4 amide bonds. The molecule has 0 spiro atoms. The first-order chi connectivity index (χ1) is 67.6. The molecule has 140 heavy (non-hydrogen) atoms. The molecule has 24 rings (SSSR count). The van der Waals surface area contributed by atoms with E-state index < -0.39 is 89.8 Å². The normalized spacial score (nSPS) is 22.6. The number of hydrogen-bond acceptors (Lipinski definition) is 27. The van der Waals surface area contributed by atoms with Gasteiger partial charge in [-0.3, -0.25) is 19.2 Å². The fourth-order valence-corrected chi connectivity index (χ4v) is 19.0. The summed E-state index contributed by atoms with van der Waals surface area (Å²) < 4.78 is 145. The number of hydrogen-bond donors (Lipinski definition) is 11. The smallest absolute Gasteiger partial charge is 0.267 e. The number of fused-ring (bicyclic) bond motifs is 8. The largest absolute Gasteiger partial charge is 0.388 e. The number of aromatic nitrogens is 20. The van der Waals surface area contributed by atoms with E-state index in [0.717, 1.165) is 62.3 Å². The zero-order valence-electron chi connectivity index (χ0n) is 75.5. The third-order valence-corrected chi connectivity index (χ3v) is 27.4. The van der Waals surface area contributed by atoms with Crippen molar-refractivity contribution in [1.82, 2.24) is 118 Å². The third kappa shape index (κ3) is 16.5. The van der Waals surface area contributed by atoms with Gasteiger partial charge in [-0.15, -0.1) is 0 Å². The van der Waals surface area contributed by atoms with Gasteiger partial charge in [0.1, 0.15) is 86.4 Å². The molecule has 16 aromatic rings. The molecule has 0 bridgehead atoms. The molecule has 728 valence electrons. The van der Waals surface area contributed by atoms with Crippen LogP contribution in [0.4, 0.5) is 58.4 Å². The van der Waals surface area contributed by atoms with E-state index in [1.165, 1.54) is 42.8 Å². The molecule has 8 aliphatic rings. The molecule has 4 aliphatic heterocycles. The van der Waals surface area contributed by atoms with Gasteiger partial charge in [0, 0.05) is 191 Å². The zero-order chi connectivity index (χ0) is 97.1. The average molecular weight is 1930 g/mol. The second-order valence-electron chi connectivity index (χ2n) is 35.7. The van der Waals surface area contributed by atoms with Gasteiger partial charge in [0.2, 0.25) is 0 Å². The second kappa shape index (κ2) is 36.4. The van der Waals surface area contributed by atoms with Crippen LogP contribution in [0.2, 0.25) is 0 Å². The zero-order valence-corrected chi connectivity index (χ0v) is 75.5. The number of aliphatic hydroxyl groups is 3. The van der Waals surface area contributed by atoms with Gasteiger partial charge in [-0.25, -0.2) is 75.0 Å². The summed E-state index contributed by atoms with van der Waals surface area (Å²) in [4.78, 5) is 88.6. The number of halogens is 8. The molecule has 0 radical (unpaired) electrons. The van der Waals surface area contributed by atoms with Gasteiger partial charge >= 0.3 is 0 Å². The minimum absolute atomic E-state index is 0.104. The number of carbonyl (C=O) groups is 4. The molecule has 4 saturated heterocycles. The van der Waals surface area contributed by atoms with Crippen molar-refractivity contribution in [1.29, 1.82) is 0 Å². The predicted octanol–water partition coefficient (Wildman–Crippen LogP) is 10.4. The minimum Gasteiger partial charge on any atom is -0.388 e. The van der Waals surface area contributed by atoms with Crippen LogP contribution in [-0.4, -0.2) is 283 Å². The summed E-state index contributed by atoms with van der Waals surface area (Å²) >= 11 is 0. The van der Waals surface area contributed by atoms with Crippen LogP contribution < -0.4 is 42.5 Å². The minimum atomic E-state index is -2.91. The highest BCUT2D eigenvalue weighted by molar-refractivity contribution is 6.05. The topological polar surface area (TPSA) is 454 Å². The maximum absolute atomic E-state index is 13.7. The standard InChI is InChI=1S/C24H25F2N7O2.3C23H23F2N7O3/c1-27-20-11-18(17-13-32(14-5-9-35-10-6-14)21-15(17)3-2-8-28-21)30-22-16(12-29-33(20)22)23(34)31-19-4-7-24(19,25)26;3*1-26-19-7-15(14-9-31(16-10-35-11-17(16)33)20-12(14)3-2-6-27-20)29-21-13(8-28-32(19)21)22(34)30-18-4-5-23(18,24)25/h2-3,8,11-14,19,27H,4-7,9-10H2,1H3,(H,31,34);3*2-3,6-9,16-18,26,33H,4-5,10-11H2,1H3,(H,30,34)/t;16-,17-,18?;16-,17-,18+;16-,17-,18-/m.000/s1. The van der Waals surface area contributed by atoms with Crippen molar-refractivity contribution in [2.24, 2.45) is 0 Å². The van der Waals surface area contributed by atoms with Crippen LogP contribution in [-0.2, 0) is 18.9 Å². The molecule has 4 saturated carbocycles. The summed E-state index contributed by atoms with van der Waals surface area (Å²) in [5.74, 6) is -11.8. The Balaban J connectivity index is 0.000000111. The Hall–Kier alpha value is -14.5. The summed E-state index contributed by atoms with van der Waals surface area (Å²) in [5.41, 5.74) is 9.68. The van der Waals surface area contributed by atoms with Crippen molar-refractivity contribution in [2.45, 2.75) is 155 Å². The Bertz CT molecular complexity index is 7000. The molecular weight excluding hydrogens is 1840 g/mol. The Morgan fingerprint density at radius 3 is 0.814 bits per heavy atom. The lowest BCUT2D eigenvalue weighted by molar-refractivity contribution is -0.102. The van der Waals surface area contributed by atoms with E-state index in [0.29, 0.717) is 102 Å².